The summed E-state index contributed by atoms with van der Waals surface area (Å²) in [6.07, 6.45) is -0.254. The summed E-state index contributed by atoms with van der Waals surface area (Å²) in [6.45, 7) is 1.63. The molecule has 10 heavy (non-hydrogen) atoms. The third kappa shape index (κ3) is 4.21. The molecule has 1 fully saturated rings. The second kappa shape index (κ2) is 4.97. The van der Waals surface area contributed by atoms with Gasteiger partial charge in [0.2, 0.25) is 0 Å². The summed E-state index contributed by atoms with van der Waals surface area (Å²) in [7, 11) is -3.90. The van der Waals surface area contributed by atoms with Crippen molar-refractivity contribution in [2.24, 2.45) is 0 Å². The topological polar surface area (TPSA) is 70.1 Å². The maximum absolute atomic E-state index is 10.2. The fourth-order valence-electron chi connectivity index (χ4n) is 0.527. The molecule has 0 amide bonds. The zero-order valence-corrected chi connectivity index (χ0v) is 11.2. The average Bonchev–Trinajstić information content (AvgIpc) is 2.13. The van der Waals surface area contributed by atoms with Crippen molar-refractivity contribution in [1.29, 1.82) is 0 Å². The zero-order chi connectivity index (χ0) is 6.36. The van der Waals surface area contributed by atoms with E-state index in [0.29, 0.717) is 0 Å². The van der Waals surface area contributed by atoms with E-state index >= 15 is 0 Å². The van der Waals surface area contributed by atoms with Gasteiger partial charge in [0.1, 0.15) is 0 Å². The van der Waals surface area contributed by atoms with Gasteiger partial charge >= 0.3 is 7.60 Å². The van der Waals surface area contributed by atoms with E-state index in [0.717, 1.165) is 0 Å². The Bertz CT molecular complexity index is 145. The molecule has 2 N–H and O–H groups in total. The van der Waals surface area contributed by atoms with E-state index in [9.17, 15) is 4.57 Å². The summed E-state index contributed by atoms with van der Waals surface area (Å²) in [5, 5.41) is 0. The Labute approximate surface area is 103 Å². The second-order valence-corrected chi connectivity index (χ2v) is 3.51. The molecule has 0 aromatic carbocycles. The summed E-state index contributed by atoms with van der Waals surface area (Å²) >= 11 is 0. The first-order valence-corrected chi connectivity index (χ1v) is 3.90. The van der Waals surface area contributed by atoms with E-state index in [-0.39, 0.29) is 65.2 Å². The van der Waals surface area contributed by atoms with Crippen LogP contribution in [-0.2, 0) is 9.30 Å². The molecule has 7 heteroatoms. The largest absolute Gasteiger partial charge is 0.356 e. The summed E-state index contributed by atoms with van der Waals surface area (Å²) in [4.78, 5) is 16.6. The molecule has 0 saturated carbocycles. The first-order valence-electron chi connectivity index (χ1n) is 2.22. The minimum absolute atomic E-state index is 0. The normalized spacial score (nSPS) is 29.9. The molecule has 4 nitrogen and oxygen atoms in total. The number of rotatable bonds is 1. The van der Waals surface area contributed by atoms with E-state index in [1.807, 2.05) is 0 Å². The maximum Gasteiger partial charge on any atom is 0.356 e. The Balaban J connectivity index is 0. The van der Waals surface area contributed by atoms with Crippen LogP contribution in [0.15, 0.2) is 0 Å². The van der Waals surface area contributed by atoms with Crippen LogP contribution in [0.5, 0.6) is 0 Å². The van der Waals surface area contributed by atoms with Crippen molar-refractivity contribution < 1.29 is 19.1 Å². The van der Waals surface area contributed by atoms with Crippen LogP contribution in [0.25, 0.3) is 0 Å². The van der Waals surface area contributed by atoms with Gasteiger partial charge in [-0.1, -0.05) is 0 Å². The Morgan fingerprint density at radius 3 is 1.70 bits per heavy atom. The fourth-order valence-corrected chi connectivity index (χ4v) is 1.42. The Kier molecular flexibility index (Phi) is 7.27. The van der Waals surface area contributed by atoms with Gasteiger partial charge in [-0.25, -0.2) is 0 Å². The molecule has 1 rings (SSSR count). The molecule has 2 atom stereocenters. The van der Waals surface area contributed by atoms with Crippen molar-refractivity contribution in [2.75, 3.05) is 0 Å². The van der Waals surface area contributed by atoms with Gasteiger partial charge in [-0.2, -0.15) is 0 Å². The first kappa shape index (κ1) is 14.6. The summed E-state index contributed by atoms with van der Waals surface area (Å²) in [5.74, 6) is -0.817. The van der Waals surface area contributed by atoms with Crippen LogP contribution in [0.3, 0.4) is 0 Å². The number of hydrogen-bond acceptors (Lipinski definition) is 2. The number of epoxide rings is 1. The first-order chi connectivity index (χ1) is 3.52. The molecule has 50 valence electrons. The Hall–Kier alpha value is 2.11. The molecule has 1 heterocycles. The quantitative estimate of drug-likeness (QED) is 0.316. The number of ether oxygens (including phenoxy) is 1. The van der Waals surface area contributed by atoms with Crippen LogP contribution < -0.4 is 0 Å². The van der Waals surface area contributed by atoms with Crippen LogP contribution in [0.1, 0.15) is 6.92 Å². The molecule has 0 bridgehead atoms. The molecule has 0 spiro atoms. The van der Waals surface area contributed by atoms with E-state index in [1.165, 1.54) is 0 Å². The standard InChI is InChI=1S/C3H7O4P.2Na/c1-2-3(7-2)8(4,5)6;;/h2-3H,1H3,(H2,4,5,6);;/t2-,3+;;/m1../s1. The van der Waals surface area contributed by atoms with Crippen LogP contribution in [-0.4, -0.2) is 80.9 Å². The SMILES string of the molecule is C[C@H]1O[C@H]1P(=O)(O)O.[Na].[Na]. The molecule has 0 aliphatic carbocycles. The monoisotopic (exact) mass is 184 g/mol. The van der Waals surface area contributed by atoms with Crippen molar-refractivity contribution in [1.82, 2.24) is 0 Å². The molecular weight excluding hydrogens is 177 g/mol. The van der Waals surface area contributed by atoms with E-state index in [1.54, 1.807) is 6.92 Å². The van der Waals surface area contributed by atoms with Crippen LogP contribution in [0.4, 0.5) is 0 Å². The average molecular weight is 184 g/mol. The third-order valence-electron chi connectivity index (χ3n) is 1.01. The predicted molar refractivity (Wildman–Crippen MR) is 37.9 cm³/mol. The maximum atomic E-state index is 10.2. The molecule has 0 unspecified atom stereocenters. The molecule has 1 aliphatic heterocycles. The molecule has 0 aromatic rings. The van der Waals surface area contributed by atoms with Crippen LogP contribution >= 0.6 is 7.60 Å². The molecular formula is C3H7Na2O4P. The molecule has 1 aliphatic rings. The van der Waals surface area contributed by atoms with Crippen molar-refractivity contribution in [2.45, 2.75) is 18.9 Å². The molecule has 2 radical (unpaired) electrons. The Morgan fingerprint density at radius 2 is 1.70 bits per heavy atom. The number of hydrogen-bond donors (Lipinski definition) is 2. The van der Waals surface area contributed by atoms with Gasteiger partial charge in [-0.15, -0.1) is 0 Å². The van der Waals surface area contributed by atoms with Gasteiger partial charge in [-0.3, -0.25) is 4.57 Å². The minimum atomic E-state index is -3.90. The van der Waals surface area contributed by atoms with Crippen molar-refractivity contribution in [3.63, 3.8) is 0 Å². The minimum Gasteiger partial charge on any atom is -0.356 e. The Morgan fingerprint density at radius 1 is 1.40 bits per heavy atom. The van der Waals surface area contributed by atoms with Crippen molar-refractivity contribution in [3.8, 4) is 0 Å². The second-order valence-electron chi connectivity index (χ2n) is 1.82. The summed E-state index contributed by atoms with van der Waals surface area (Å²) in [5.41, 5.74) is 0. The van der Waals surface area contributed by atoms with Crippen LogP contribution in [0.2, 0.25) is 0 Å². The van der Waals surface area contributed by atoms with E-state index < -0.39 is 13.4 Å². The molecule has 1 saturated heterocycles. The van der Waals surface area contributed by atoms with Gasteiger partial charge < -0.3 is 14.5 Å². The summed E-state index contributed by atoms with van der Waals surface area (Å²) < 4.78 is 14.7. The van der Waals surface area contributed by atoms with E-state index in [2.05, 4.69) is 4.74 Å². The van der Waals surface area contributed by atoms with Crippen LogP contribution in [0, 0.1) is 0 Å². The van der Waals surface area contributed by atoms with Gasteiger partial charge in [0.25, 0.3) is 0 Å². The smallest absolute Gasteiger partial charge is 0.356 e. The zero-order valence-electron chi connectivity index (χ0n) is 6.31. The van der Waals surface area contributed by atoms with Gasteiger partial charge in [0.05, 0.1) is 6.10 Å². The van der Waals surface area contributed by atoms with Gasteiger partial charge in [0, 0.05) is 59.1 Å². The third-order valence-corrected chi connectivity index (χ3v) is 2.22. The van der Waals surface area contributed by atoms with Crippen molar-refractivity contribution >= 4 is 66.7 Å². The summed E-state index contributed by atoms with van der Waals surface area (Å²) in [6, 6.07) is 0. The van der Waals surface area contributed by atoms with Gasteiger partial charge in [0.15, 0.2) is 5.85 Å². The van der Waals surface area contributed by atoms with E-state index in [4.69, 9.17) is 9.79 Å². The molecule has 0 aromatic heterocycles. The fraction of sp³-hybridized carbons (Fsp3) is 1.00. The predicted octanol–water partition coefficient (Wildman–Crippen LogP) is -0.853. The van der Waals surface area contributed by atoms with Gasteiger partial charge in [-0.05, 0) is 6.92 Å². The van der Waals surface area contributed by atoms with Crippen molar-refractivity contribution in [3.05, 3.63) is 0 Å².